The van der Waals surface area contributed by atoms with Crippen molar-refractivity contribution in [1.82, 2.24) is 10.3 Å². The molecule has 1 aliphatic heterocycles. The zero-order chi connectivity index (χ0) is 19.6. The van der Waals surface area contributed by atoms with E-state index in [1.165, 1.54) is 0 Å². The quantitative estimate of drug-likeness (QED) is 0.765. The molecule has 1 aromatic carbocycles. The number of nitrogens with one attached hydrogen (secondary N) is 1. The molecule has 1 unspecified atom stereocenters. The fourth-order valence-electron chi connectivity index (χ4n) is 4.56. The van der Waals surface area contributed by atoms with Crippen LogP contribution >= 0.6 is 11.6 Å². The number of carbonyl (C=O) groups excluding carboxylic acids is 1. The number of aromatic nitrogens is 1. The molecular weight excluding hydrogens is 378 g/mol. The number of carbonyl (C=O) groups is 1. The molecule has 1 amide bonds. The molecule has 2 aromatic rings. The van der Waals surface area contributed by atoms with Gasteiger partial charge in [0.15, 0.2) is 5.58 Å². The second-order valence-corrected chi connectivity index (χ2v) is 8.85. The maximum absolute atomic E-state index is 12.5. The van der Waals surface area contributed by atoms with E-state index in [1.54, 1.807) is 6.07 Å². The molecule has 1 aliphatic carbocycles. The lowest BCUT2D eigenvalue weighted by Gasteiger charge is -2.32. The van der Waals surface area contributed by atoms with Crippen LogP contribution in [-0.4, -0.2) is 42.2 Å². The van der Waals surface area contributed by atoms with Crippen molar-refractivity contribution >= 4 is 34.6 Å². The summed E-state index contributed by atoms with van der Waals surface area (Å²) < 4.78 is 5.89. The van der Waals surface area contributed by atoms with Gasteiger partial charge in [-0.2, -0.15) is 4.98 Å². The van der Waals surface area contributed by atoms with Crippen molar-refractivity contribution in [2.75, 3.05) is 31.1 Å². The van der Waals surface area contributed by atoms with Crippen molar-refractivity contribution in [1.29, 1.82) is 0 Å². The van der Waals surface area contributed by atoms with Crippen molar-refractivity contribution in [2.45, 2.75) is 44.9 Å². The number of benzene rings is 1. The van der Waals surface area contributed by atoms with Crippen molar-refractivity contribution in [3.8, 4) is 0 Å². The van der Waals surface area contributed by atoms with Crippen LogP contribution < -0.4 is 10.2 Å². The van der Waals surface area contributed by atoms with Gasteiger partial charge in [0.05, 0.1) is 6.61 Å². The average molecular weight is 406 g/mol. The summed E-state index contributed by atoms with van der Waals surface area (Å²) in [6, 6.07) is 6.05. The standard InChI is InChI=1S/C21H28ClN3O3/c22-16-5-6-17-18(11-16)28-20(24-17)25-9-3-4-15(12-25)10-19(27)23-13-21(14-26)7-1-2-8-21/h5-6,11,15,26H,1-4,7-10,12-14H2,(H,23,27). The van der Waals surface area contributed by atoms with Crippen LogP contribution in [0.1, 0.15) is 44.9 Å². The third-order valence-electron chi connectivity index (χ3n) is 6.26. The van der Waals surface area contributed by atoms with E-state index < -0.39 is 0 Å². The highest BCUT2D eigenvalue weighted by Crippen LogP contribution is 2.37. The Balaban J connectivity index is 1.33. The fourth-order valence-corrected chi connectivity index (χ4v) is 4.73. The van der Waals surface area contributed by atoms with Gasteiger partial charge in [0.2, 0.25) is 5.91 Å². The van der Waals surface area contributed by atoms with E-state index in [-0.39, 0.29) is 23.8 Å². The van der Waals surface area contributed by atoms with E-state index in [0.717, 1.165) is 57.1 Å². The van der Waals surface area contributed by atoms with Crippen LogP contribution in [0.15, 0.2) is 22.6 Å². The monoisotopic (exact) mass is 405 g/mol. The van der Waals surface area contributed by atoms with Gasteiger partial charge >= 0.3 is 0 Å². The Hall–Kier alpha value is -1.79. The third-order valence-corrected chi connectivity index (χ3v) is 6.50. The maximum Gasteiger partial charge on any atom is 0.298 e. The van der Waals surface area contributed by atoms with Crippen molar-refractivity contribution in [2.24, 2.45) is 11.3 Å². The molecule has 1 aromatic heterocycles. The highest BCUT2D eigenvalue weighted by atomic mass is 35.5. The number of amides is 1. The van der Waals surface area contributed by atoms with Crippen molar-refractivity contribution in [3.63, 3.8) is 0 Å². The summed E-state index contributed by atoms with van der Waals surface area (Å²) >= 11 is 6.03. The van der Waals surface area contributed by atoms with Gasteiger partial charge in [-0.15, -0.1) is 0 Å². The summed E-state index contributed by atoms with van der Waals surface area (Å²) in [6.45, 7) is 2.39. The minimum Gasteiger partial charge on any atom is -0.423 e. The van der Waals surface area contributed by atoms with E-state index in [2.05, 4.69) is 15.2 Å². The number of oxazole rings is 1. The zero-order valence-corrected chi connectivity index (χ0v) is 16.9. The van der Waals surface area contributed by atoms with Crippen molar-refractivity contribution < 1.29 is 14.3 Å². The Morgan fingerprint density at radius 3 is 2.96 bits per heavy atom. The second kappa shape index (κ2) is 8.29. The van der Waals surface area contributed by atoms with Crippen LogP contribution in [0.25, 0.3) is 11.1 Å². The molecule has 0 spiro atoms. The molecular formula is C21H28ClN3O3. The van der Waals surface area contributed by atoms with E-state index in [1.807, 2.05) is 12.1 Å². The highest BCUT2D eigenvalue weighted by Gasteiger charge is 2.34. The summed E-state index contributed by atoms with van der Waals surface area (Å²) in [7, 11) is 0. The number of piperidine rings is 1. The highest BCUT2D eigenvalue weighted by molar-refractivity contribution is 6.31. The minimum atomic E-state index is -0.103. The van der Waals surface area contributed by atoms with Gasteiger partial charge in [-0.3, -0.25) is 4.79 Å². The molecule has 0 radical (unpaired) electrons. The topological polar surface area (TPSA) is 78.6 Å². The molecule has 6 nitrogen and oxygen atoms in total. The molecule has 2 heterocycles. The van der Waals surface area contributed by atoms with E-state index in [4.69, 9.17) is 16.0 Å². The summed E-state index contributed by atoms with van der Waals surface area (Å²) in [5.74, 6) is 0.358. The van der Waals surface area contributed by atoms with Crippen LogP contribution in [0.3, 0.4) is 0 Å². The predicted octanol–water partition coefficient (Wildman–Crippen LogP) is 3.76. The van der Waals surface area contributed by atoms with E-state index >= 15 is 0 Å². The molecule has 0 bridgehead atoms. The average Bonchev–Trinajstić information content (AvgIpc) is 3.34. The van der Waals surface area contributed by atoms with E-state index in [9.17, 15) is 9.90 Å². The normalized spacial score (nSPS) is 21.9. The van der Waals surface area contributed by atoms with Crippen LogP contribution in [0.2, 0.25) is 5.02 Å². The number of rotatable bonds is 6. The van der Waals surface area contributed by atoms with Crippen LogP contribution in [0.4, 0.5) is 6.01 Å². The molecule has 2 N–H and O–H groups in total. The lowest BCUT2D eigenvalue weighted by molar-refractivity contribution is -0.122. The first-order valence-electron chi connectivity index (χ1n) is 10.3. The van der Waals surface area contributed by atoms with Gasteiger partial charge in [0.1, 0.15) is 5.52 Å². The van der Waals surface area contributed by atoms with Gasteiger partial charge in [0, 0.05) is 42.6 Å². The van der Waals surface area contributed by atoms with Crippen molar-refractivity contribution in [3.05, 3.63) is 23.2 Å². The number of aliphatic hydroxyl groups is 1. The van der Waals surface area contributed by atoms with Gasteiger partial charge in [-0.25, -0.2) is 0 Å². The first kappa shape index (κ1) is 19.5. The Labute approximate surface area is 170 Å². The summed E-state index contributed by atoms with van der Waals surface area (Å²) in [4.78, 5) is 19.2. The molecule has 1 atom stereocenters. The molecule has 152 valence electrons. The number of hydrogen-bond acceptors (Lipinski definition) is 5. The largest absolute Gasteiger partial charge is 0.423 e. The SMILES string of the molecule is O=C(CC1CCCN(c2nc3ccc(Cl)cc3o2)C1)NCC1(CO)CCCC1. The number of aliphatic hydroxyl groups excluding tert-OH is 1. The summed E-state index contributed by atoms with van der Waals surface area (Å²) in [5, 5.41) is 13.4. The first-order chi connectivity index (χ1) is 13.6. The fraction of sp³-hybridized carbons (Fsp3) is 0.619. The number of halogens is 1. The lowest BCUT2D eigenvalue weighted by Crippen LogP contribution is -2.41. The molecule has 28 heavy (non-hydrogen) atoms. The molecule has 1 saturated carbocycles. The van der Waals surface area contributed by atoms with Crippen LogP contribution in [-0.2, 0) is 4.79 Å². The number of nitrogens with zero attached hydrogens (tertiary/aromatic N) is 2. The van der Waals surface area contributed by atoms with Crippen LogP contribution in [0.5, 0.6) is 0 Å². The molecule has 1 saturated heterocycles. The number of anilines is 1. The zero-order valence-electron chi connectivity index (χ0n) is 16.1. The molecule has 2 fully saturated rings. The van der Waals surface area contributed by atoms with Crippen LogP contribution in [0, 0.1) is 11.3 Å². The third kappa shape index (κ3) is 4.28. The molecule has 4 rings (SSSR count). The van der Waals surface area contributed by atoms with Gasteiger partial charge in [0.25, 0.3) is 6.01 Å². The minimum absolute atomic E-state index is 0.0796. The Bertz CT molecular complexity index is 831. The molecule has 7 heteroatoms. The summed E-state index contributed by atoms with van der Waals surface area (Å²) in [6.07, 6.45) is 6.84. The Morgan fingerprint density at radius 2 is 2.18 bits per heavy atom. The van der Waals surface area contributed by atoms with E-state index in [0.29, 0.717) is 29.6 Å². The second-order valence-electron chi connectivity index (χ2n) is 8.41. The smallest absolute Gasteiger partial charge is 0.298 e. The van der Waals surface area contributed by atoms with Gasteiger partial charge in [-0.1, -0.05) is 24.4 Å². The number of fused-ring (bicyclic) bond motifs is 1. The summed E-state index contributed by atoms with van der Waals surface area (Å²) in [5.41, 5.74) is 1.38. The Morgan fingerprint density at radius 1 is 1.36 bits per heavy atom. The predicted molar refractivity (Wildman–Crippen MR) is 110 cm³/mol. The first-order valence-corrected chi connectivity index (χ1v) is 10.6. The number of hydrogen-bond donors (Lipinski definition) is 2. The maximum atomic E-state index is 12.5. The Kier molecular flexibility index (Phi) is 5.78. The molecule has 2 aliphatic rings. The van der Waals surface area contributed by atoms with Gasteiger partial charge < -0.3 is 19.7 Å². The lowest BCUT2D eigenvalue weighted by atomic mass is 9.87. The van der Waals surface area contributed by atoms with Gasteiger partial charge in [-0.05, 0) is 43.7 Å².